The van der Waals surface area contributed by atoms with E-state index in [1.54, 1.807) is 0 Å². The van der Waals surface area contributed by atoms with Crippen LogP contribution in [0.15, 0.2) is 52.3 Å². The topological polar surface area (TPSA) is 106 Å². The molecule has 6 nitrogen and oxygen atoms in total. The number of nitrogens with one attached hydrogen (secondary N) is 1. The number of primary sulfonamides is 1. The highest BCUT2D eigenvalue weighted by molar-refractivity contribution is 7.89. The van der Waals surface area contributed by atoms with E-state index in [4.69, 9.17) is 5.14 Å². The number of hydrogen-bond acceptors (Lipinski definition) is 4. The molecule has 2 aromatic carbocycles. The lowest BCUT2D eigenvalue weighted by Gasteiger charge is -2.08. The van der Waals surface area contributed by atoms with Gasteiger partial charge in [0.2, 0.25) is 20.0 Å². The van der Waals surface area contributed by atoms with Gasteiger partial charge in [0.15, 0.2) is 0 Å². The zero-order chi connectivity index (χ0) is 18.0. The van der Waals surface area contributed by atoms with Crippen molar-refractivity contribution in [2.75, 3.05) is 6.54 Å². The molecule has 0 aliphatic rings. The van der Waals surface area contributed by atoms with Gasteiger partial charge in [0, 0.05) is 12.6 Å². The molecule has 0 saturated heterocycles. The van der Waals surface area contributed by atoms with Gasteiger partial charge in [-0.2, -0.15) is 0 Å². The Morgan fingerprint density at radius 2 is 1.42 bits per heavy atom. The number of nitrogens with two attached hydrogens (primary N) is 1. The van der Waals surface area contributed by atoms with E-state index in [1.165, 1.54) is 24.3 Å². The zero-order valence-electron chi connectivity index (χ0n) is 12.2. The van der Waals surface area contributed by atoms with E-state index in [1.807, 2.05) is 0 Å². The average molecular weight is 376 g/mol. The molecule has 0 heterocycles. The summed E-state index contributed by atoms with van der Waals surface area (Å²) in [4.78, 5) is -0.563. The molecule has 0 bridgehead atoms. The molecule has 0 aromatic heterocycles. The minimum atomic E-state index is -4.05. The van der Waals surface area contributed by atoms with E-state index in [9.17, 15) is 25.6 Å². The molecule has 3 N–H and O–H groups in total. The fourth-order valence-corrected chi connectivity index (χ4v) is 3.53. The van der Waals surface area contributed by atoms with Crippen LogP contribution in [0.25, 0.3) is 0 Å². The number of benzene rings is 2. The molecule has 0 spiro atoms. The second kappa shape index (κ2) is 6.93. The van der Waals surface area contributed by atoms with Crippen molar-refractivity contribution < 1.29 is 25.6 Å². The van der Waals surface area contributed by atoms with E-state index in [0.717, 1.165) is 0 Å². The Kier molecular flexibility index (Phi) is 5.33. The van der Waals surface area contributed by atoms with E-state index in [2.05, 4.69) is 4.72 Å². The fraction of sp³-hybridized carbons (Fsp3) is 0.143. The fourth-order valence-electron chi connectivity index (χ4n) is 1.94. The summed E-state index contributed by atoms with van der Waals surface area (Å²) in [6, 6.07) is 7.61. The maximum absolute atomic E-state index is 13.1. The molecule has 2 aromatic rings. The van der Waals surface area contributed by atoms with Crippen molar-refractivity contribution >= 4 is 20.0 Å². The summed E-state index contributed by atoms with van der Waals surface area (Å²) in [6.45, 7) is -0.0326. The highest BCUT2D eigenvalue weighted by Crippen LogP contribution is 2.14. The molecule has 2 rings (SSSR count). The SMILES string of the molecule is NS(=O)(=O)c1ccc(CCNS(=O)(=O)c2cc(F)cc(F)c2)cc1. The summed E-state index contributed by atoms with van der Waals surface area (Å²) in [5.74, 6) is -1.98. The van der Waals surface area contributed by atoms with Crippen LogP contribution in [-0.4, -0.2) is 23.4 Å². The Bertz CT molecular complexity index is 923. The maximum atomic E-state index is 13.1. The van der Waals surface area contributed by atoms with Crippen LogP contribution >= 0.6 is 0 Å². The molecule has 0 amide bonds. The third kappa shape index (κ3) is 4.81. The summed E-state index contributed by atoms with van der Waals surface area (Å²) < 4.78 is 74.6. The van der Waals surface area contributed by atoms with Gasteiger partial charge in [0.1, 0.15) is 11.6 Å². The predicted octanol–water partition coefficient (Wildman–Crippen LogP) is 1.13. The van der Waals surface area contributed by atoms with Crippen LogP contribution in [0, 0.1) is 11.6 Å². The van der Waals surface area contributed by atoms with E-state index in [0.29, 0.717) is 23.8 Å². The Hall–Kier alpha value is -1.88. The van der Waals surface area contributed by atoms with Gasteiger partial charge in [-0.05, 0) is 36.2 Å². The van der Waals surface area contributed by atoms with Gasteiger partial charge >= 0.3 is 0 Å². The monoisotopic (exact) mass is 376 g/mol. The summed E-state index contributed by atoms with van der Waals surface area (Å²) in [6.07, 6.45) is 0.252. The lowest BCUT2D eigenvalue weighted by atomic mass is 10.2. The van der Waals surface area contributed by atoms with Crippen LogP contribution in [0.4, 0.5) is 8.78 Å². The van der Waals surface area contributed by atoms with Crippen LogP contribution < -0.4 is 9.86 Å². The lowest BCUT2D eigenvalue weighted by molar-refractivity contribution is 0.561. The normalized spacial score (nSPS) is 12.3. The van der Waals surface area contributed by atoms with Crippen molar-refractivity contribution in [3.05, 3.63) is 59.7 Å². The Morgan fingerprint density at radius 1 is 0.875 bits per heavy atom. The molecule has 0 aliphatic carbocycles. The Labute approximate surface area is 138 Å². The lowest BCUT2D eigenvalue weighted by Crippen LogP contribution is -2.26. The van der Waals surface area contributed by atoms with Crippen molar-refractivity contribution in [2.24, 2.45) is 5.14 Å². The van der Waals surface area contributed by atoms with Gasteiger partial charge in [-0.15, -0.1) is 0 Å². The smallest absolute Gasteiger partial charge is 0.225 e. The molecule has 24 heavy (non-hydrogen) atoms. The molecule has 10 heteroatoms. The van der Waals surface area contributed by atoms with Crippen molar-refractivity contribution in [3.63, 3.8) is 0 Å². The first-order valence-electron chi connectivity index (χ1n) is 6.65. The van der Waals surface area contributed by atoms with Gasteiger partial charge in [-0.3, -0.25) is 0 Å². The first-order valence-corrected chi connectivity index (χ1v) is 9.68. The standard InChI is InChI=1S/C14H14F2N2O4S2/c15-11-7-12(16)9-14(8-11)24(21,22)18-6-5-10-1-3-13(4-2-10)23(17,19)20/h1-4,7-9,18H,5-6H2,(H2,17,19,20). The molecule has 0 aliphatic heterocycles. The number of halogens is 2. The van der Waals surface area contributed by atoms with E-state index >= 15 is 0 Å². The van der Waals surface area contributed by atoms with Crippen LogP contribution in [0.1, 0.15) is 5.56 Å². The third-order valence-electron chi connectivity index (χ3n) is 3.10. The van der Waals surface area contributed by atoms with E-state index < -0.39 is 36.6 Å². The first kappa shape index (κ1) is 18.5. The van der Waals surface area contributed by atoms with Crippen LogP contribution in [0.3, 0.4) is 0 Å². The second-order valence-corrected chi connectivity index (χ2v) is 8.27. The highest BCUT2D eigenvalue weighted by Gasteiger charge is 2.16. The van der Waals surface area contributed by atoms with Gasteiger partial charge in [-0.1, -0.05) is 12.1 Å². The molecule has 0 radical (unpaired) electrons. The van der Waals surface area contributed by atoms with Crippen LogP contribution in [-0.2, 0) is 26.5 Å². The van der Waals surface area contributed by atoms with Gasteiger partial charge in [0.25, 0.3) is 0 Å². The van der Waals surface area contributed by atoms with Crippen LogP contribution in [0.2, 0.25) is 0 Å². The molecule has 130 valence electrons. The van der Waals surface area contributed by atoms with Gasteiger partial charge in [-0.25, -0.2) is 35.5 Å². The molecule has 0 unspecified atom stereocenters. The maximum Gasteiger partial charge on any atom is 0.240 e. The largest absolute Gasteiger partial charge is 0.240 e. The van der Waals surface area contributed by atoms with E-state index in [-0.39, 0.29) is 17.9 Å². The summed E-state index contributed by atoms with van der Waals surface area (Å²) in [5.41, 5.74) is 0.663. The van der Waals surface area contributed by atoms with Crippen molar-refractivity contribution in [1.82, 2.24) is 4.72 Å². The van der Waals surface area contributed by atoms with Crippen molar-refractivity contribution in [3.8, 4) is 0 Å². The number of sulfonamides is 2. The number of rotatable bonds is 6. The first-order chi connectivity index (χ1) is 11.1. The average Bonchev–Trinajstić information content (AvgIpc) is 2.45. The highest BCUT2D eigenvalue weighted by atomic mass is 32.2. The van der Waals surface area contributed by atoms with Gasteiger partial charge in [0.05, 0.1) is 9.79 Å². The molecule has 0 saturated carbocycles. The minimum Gasteiger partial charge on any atom is -0.225 e. The summed E-state index contributed by atoms with van der Waals surface area (Å²) in [7, 11) is -7.84. The molecule has 0 fully saturated rings. The van der Waals surface area contributed by atoms with Crippen molar-refractivity contribution in [2.45, 2.75) is 16.2 Å². The van der Waals surface area contributed by atoms with Crippen molar-refractivity contribution in [1.29, 1.82) is 0 Å². The summed E-state index contributed by atoms with van der Waals surface area (Å²) in [5, 5.41) is 4.97. The second-order valence-electron chi connectivity index (χ2n) is 4.94. The minimum absolute atomic E-state index is 0.0326. The number of hydrogen-bond donors (Lipinski definition) is 2. The Balaban J connectivity index is 2.03. The van der Waals surface area contributed by atoms with Crippen LogP contribution in [0.5, 0.6) is 0 Å². The third-order valence-corrected chi connectivity index (χ3v) is 5.47. The van der Waals surface area contributed by atoms with Gasteiger partial charge < -0.3 is 0 Å². The molecule has 0 atom stereocenters. The molecular formula is C14H14F2N2O4S2. The zero-order valence-corrected chi connectivity index (χ0v) is 13.9. The predicted molar refractivity (Wildman–Crippen MR) is 83.1 cm³/mol. The Morgan fingerprint density at radius 3 is 1.92 bits per heavy atom. The molecular weight excluding hydrogens is 362 g/mol. The summed E-state index contributed by atoms with van der Waals surface area (Å²) >= 11 is 0. The quantitative estimate of drug-likeness (QED) is 0.788.